The van der Waals surface area contributed by atoms with Gasteiger partial charge in [0, 0.05) is 12.3 Å². The third kappa shape index (κ3) is 4.65. The van der Waals surface area contributed by atoms with E-state index in [-0.39, 0.29) is 12.4 Å². The van der Waals surface area contributed by atoms with Crippen molar-refractivity contribution in [1.29, 1.82) is 0 Å². The van der Waals surface area contributed by atoms with E-state index in [1.807, 2.05) is 19.1 Å². The molecule has 0 unspecified atom stereocenters. The van der Waals surface area contributed by atoms with Gasteiger partial charge in [-0.2, -0.15) is 0 Å². The van der Waals surface area contributed by atoms with Gasteiger partial charge in [-0.05, 0) is 18.1 Å². The Balaban J connectivity index is 2.66. The predicted molar refractivity (Wildman–Crippen MR) is 67.6 cm³/mol. The quantitative estimate of drug-likeness (QED) is 0.779. The summed E-state index contributed by atoms with van der Waals surface area (Å²) in [6.45, 7) is 2.20. The zero-order valence-electron chi connectivity index (χ0n) is 10.4. The summed E-state index contributed by atoms with van der Waals surface area (Å²) in [5, 5.41) is 0. The van der Waals surface area contributed by atoms with Gasteiger partial charge >= 0.3 is 0 Å². The Morgan fingerprint density at radius 2 is 2.00 bits per heavy atom. The maximum absolute atomic E-state index is 10.9. The Hall–Kier alpha value is -1.23. The molecule has 0 atom stereocenters. The number of aryl methyl sites for hydroxylation is 1. The van der Waals surface area contributed by atoms with Crippen molar-refractivity contribution in [3.8, 4) is 11.5 Å². The van der Waals surface area contributed by atoms with E-state index in [0.29, 0.717) is 5.75 Å². The smallest absolute Gasteiger partial charge is 0.150 e. The van der Waals surface area contributed by atoms with Gasteiger partial charge in [0.2, 0.25) is 0 Å². The summed E-state index contributed by atoms with van der Waals surface area (Å²) in [4.78, 5) is 0. The largest absolute Gasteiger partial charge is 0.496 e. The van der Waals surface area contributed by atoms with Crippen molar-refractivity contribution in [3.63, 3.8) is 0 Å². The molecule has 0 aliphatic rings. The fourth-order valence-corrected chi connectivity index (χ4v) is 1.80. The monoisotopic (exact) mass is 258 g/mol. The molecule has 0 radical (unpaired) electrons. The highest BCUT2D eigenvalue weighted by atomic mass is 32.2. The van der Waals surface area contributed by atoms with Crippen molar-refractivity contribution < 1.29 is 17.9 Å². The Morgan fingerprint density at radius 1 is 1.29 bits per heavy atom. The average molecular weight is 258 g/mol. The van der Waals surface area contributed by atoms with E-state index in [4.69, 9.17) is 9.47 Å². The minimum Gasteiger partial charge on any atom is -0.496 e. The maximum atomic E-state index is 10.9. The second kappa shape index (κ2) is 5.91. The van der Waals surface area contributed by atoms with Crippen LogP contribution in [-0.2, 0) is 16.3 Å². The summed E-state index contributed by atoms with van der Waals surface area (Å²) in [5.74, 6) is 1.41. The lowest BCUT2D eigenvalue weighted by atomic mass is 10.1. The van der Waals surface area contributed by atoms with Gasteiger partial charge in [0.25, 0.3) is 0 Å². The highest BCUT2D eigenvalue weighted by Crippen LogP contribution is 2.24. The summed E-state index contributed by atoms with van der Waals surface area (Å²) >= 11 is 0. The lowest BCUT2D eigenvalue weighted by Crippen LogP contribution is -2.12. The van der Waals surface area contributed by atoms with Crippen LogP contribution in [0.15, 0.2) is 18.2 Å². The Kier molecular flexibility index (Phi) is 4.81. The van der Waals surface area contributed by atoms with Crippen LogP contribution in [0.2, 0.25) is 0 Å². The highest BCUT2D eigenvalue weighted by molar-refractivity contribution is 7.90. The minimum absolute atomic E-state index is 0.0187. The number of ether oxygens (including phenoxy) is 2. The molecule has 5 heteroatoms. The van der Waals surface area contributed by atoms with E-state index in [1.54, 1.807) is 13.2 Å². The maximum Gasteiger partial charge on any atom is 0.150 e. The number of benzene rings is 1. The SMILES string of the molecule is CCc1ccc(OCCS(C)(=O)=O)cc1OC. The third-order valence-electron chi connectivity index (χ3n) is 2.36. The number of hydrogen-bond acceptors (Lipinski definition) is 4. The Morgan fingerprint density at radius 3 is 2.53 bits per heavy atom. The van der Waals surface area contributed by atoms with Crippen LogP contribution >= 0.6 is 0 Å². The van der Waals surface area contributed by atoms with Crippen LogP contribution in [-0.4, -0.2) is 34.1 Å². The molecule has 0 saturated heterocycles. The third-order valence-corrected chi connectivity index (χ3v) is 3.27. The van der Waals surface area contributed by atoms with Gasteiger partial charge in [-0.1, -0.05) is 13.0 Å². The molecule has 0 bridgehead atoms. The number of methoxy groups -OCH3 is 1. The molecule has 1 rings (SSSR count). The topological polar surface area (TPSA) is 52.6 Å². The van der Waals surface area contributed by atoms with Crippen LogP contribution in [0.4, 0.5) is 0 Å². The average Bonchev–Trinajstić information content (AvgIpc) is 2.27. The van der Waals surface area contributed by atoms with Crippen LogP contribution < -0.4 is 9.47 Å². The van der Waals surface area contributed by atoms with Crippen molar-refractivity contribution in [1.82, 2.24) is 0 Å². The van der Waals surface area contributed by atoms with E-state index in [2.05, 4.69) is 0 Å². The van der Waals surface area contributed by atoms with Gasteiger partial charge < -0.3 is 9.47 Å². The minimum atomic E-state index is -2.98. The molecule has 0 aliphatic heterocycles. The van der Waals surface area contributed by atoms with Crippen LogP contribution in [0.5, 0.6) is 11.5 Å². The van der Waals surface area contributed by atoms with Crippen molar-refractivity contribution in [3.05, 3.63) is 23.8 Å². The Bertz CT molecular complexity index is 465. The van der Waals surface area contributed by atoms with Crippen molar-refractivity contribution in [2.24, 2.45) is 0 Å². The van der Waals surface area contributed by atoms with Gasteiger partial charge in [0.05, 0.1) is 12.9 Å². The molecular formula is C12H18O4S. The first-order valence-electron chi connectivity index (χ1n) is 5.43. The summed E-state index contributed by atoms with van der Waals surface area (Å²) in [6.07, 6.45) is 2.07. The fourth-order valence-electron chi connectivity index (χ4n) is 1.42. The van der Waals surface area contributed by atoms with Crippen molar-refractivity contribution in [2.75, 3.05) is 25.7 Å². The lowest BCUT2D eigenvalue weighted by Gasteiger charge is -2.10. The lowest BCUT2D eigenvalue weighted by molar-refractivity contribution is 0.336. The molecule has 0 N–H and O–H groups in total. The fraction of sp³-hybridized carbons (Fsp3) is 0.500. The molecule has 0 spiro atoms. The first-order valence-corrected chi connectivity index (χ1v) is 7.49. The van der Waals surface area contributed by atoms with Gasteiger partial charge in [0.15, 0.2) is 9.84 Å². The number of rotatable bonds is 6. The zero-order chi connectivity index (χ0) is 12.9. The molecule has 0 fully saturated rings. The standard InChI is InChI=1S/C12H18O4S/c1-4-10-5-6-11(9-12(10)15-2)16-7-8-17(3,13)14/h5-6,9H,4,7-8H2,1-3H3. The van der Waals surface area contributed by atoms with Gasteiger partial charge in [-0.15, -0.1) is 0 Å². The first-order chi connectivity index (χ1) is 7.96. The van der Waals surface area contributed by atoms with Gasteiger partial charge in [-0.25, -0.2) is 8.42 Å². The number of sulfone groups is 1. The normalized spacial score (nSPS) is 11.2. The molecule has 1 aromatic carbocycles. The molecular weight excluding hydrogens is 240 g/mol. The molecule has 0 saturated carbocycles. The molecule has 4 nitrogen and oxygen atoms in total. The van der Waals surface area contributed by atoms with Crippen LogP contribution in [0.3, 0.4) is 0 Å². The second-order valence-corrected chi connectivity index (χ2v) is 6.07. The molecule has 0 heterocycles. The summed E-state index contributed by atoms with van der Waals surface area (Å²) in [5.41, 5.74) is 1.10. The molecule has 1 aromatic rings. The Labute approximate surface area is 102 Å². The summed E-state index contributed by atoms with van der Waals surface area (Å²) < 4.78 is 32.5. The van der Waals surface area contributed by atoms with Crippen molar-refractivity contribution in [2.45, 2.75) is 13.3 Å². The van der Waals surface area contributed by atoms with Gasteiger partial charge in [-0.3, -0.25) is 0 Å². The highest BCUT2D eigenvalue weighted by Gasteiger charge is 2.05. The van der Waals surface area contributed by atoms with E-state index in [9.17, 15) is 8.42 Å². The van der Waals surface area contributed by atoms with Crippen LogP contribution in [0, 0.1) is 0 Å². The summed E-state index contributed by atoms with van der Waals surface area (Å²) in [7, 11) is -1.37. The van der Waals surface area contributed by atoms with E-state index >= 15 is 0 Å². The van der Waals surface area contributed by atoms with Crippen molar-refractivity contribution >= 4 is 9.84 Å². The molecule has 0 aromatic heterocycles. The van der Waals surface area contributed by atoms with E-state index in [0.717, 1.165) is 17.7 Å². The predicted octanol–water partition coefficient (Wildman–Crippen LogP) is 1.68. The van der Waals surface area contributed by atoms with Crippen LogP contribution in [0.1, 0.15) is 12.5 Å². The van der Waals surface area contributed by atoms with E-state index < -0.39 is 9.84 Å². The zero-order valence-corrected chi connectivity index (χ0v) is 11.2. The number of hydrogen-bond donors (Lipinski definition) is 0. The molecule has 0 aliphatic carbocycles. The molecule has 96 valence electrons. The molecule has 17 heavy (non-hydrogen) atoms. The van der Waals surface area contributed by atoms with Gasteiger partial charge in [0.1, 0.15) is 18.1 Å². The van der Waals surface area contributed by atoms with E-state index in [1.165, 1.54) is 6.26 Å². The second-order valence-electron chi connectivity index (χ2n) is 3.81. The summed E-state index contributed by atoms with van der Waals surface area (Å²) in [6, 6.07) is 5.53. The molecule has 0 amide bonds. The first kappa shape index (κ1) is 13.8. The van der Waals surface area contributed by atoms with Crippen LogP contribution in [0.25, 0.3) is 0 Å².